The van der Waals surface area contributed by atoms with E-state index in [2.05, 4.69) is 30.6 Å². The Morgan fingerprint density at radius 1 is 1.35 bits per heavy atom. The van der Waals surface area contributed by atoms with Crippen molar-refractivity contribution in [2.24, 2.45) is 4.99 Å². The third kappa shape index (κ3) is 3.51. The number of carbonyl (C=O) groups excluding carboxylic acids is 2. The summed E-state index contributed by atoms with van der Waals surface area (Å²) in [6, 6.07) is 5.59. The number of aliphatic imine (C=N–C) groups is 1. The second-order valence-corrected chi connectivity index (χ2v) is 7.43. The minimum absolute atomic E-state index is 0.185. The van der Waals surface area contributed by atoms with Crippen molar-refractivity contribution in [1.82, 2.24) is 20.3 Å². The number of imidazole rings is 1. The Morgan fingerprint density at radius 3 is 3.08 bits per heavy atom. The van der Waals surface area contributed by atoms with Crippen molar-refractivity contribution in [3.63, 3.8) is 0 Å². The van der Waals surface area contributed by atoms with E-state index in [0.29, 0.717) is 20.9 Å². The average Bonchev–Trinajstić information content (AvgIpc) is 3.29. The lowest BCUT2D eigenvalue weighted by Crippen LogP contribution is -2.19. The van der Waals surface area contributed by atoms with Gasteiger partial charge in [-0.1, -0.05) is 11.3 Å². The Bertz CT molecular complexity index is 1080. The third-order valence-corrected chi connectivity index (χ3v) is 5.14. The number of hydrogen-bond donors (Lipinski definition) is 3. The van der Waals surface area contributed by atoms with E-state index in [1.807, 2.05) is 18.2 Å². The Labute approximate surface area is 155 Å². The summed E-state index contributed by atoms with van der Waals surface area (Å²) in [5.74, 6) is -0.404. The highest BCUT2D eigenvalue weighted by atomic mass is 32.2. The largest absolute Gasteiger partial charge is 0.345 e. The van der Waals surface area contributed by atoms with Gasteiger partial charge in [-0.3, -0.25) is 9.59 Å². The number of fused-ring (bicyclic) bond motifs is 1. The number of nitrogens with one attached hydrogen (secondary N) is 3. The molecule has 1 aliphatic rings. The number of aromatic nitrogens is 3. The van der Waals surface area contributed by atoms with E-state index < -0.39 is 0 Å². The molecule has 0 aliphatic carbocycles. The highest BCUT2D eigenvalue weighted by molar-refractivity contribution is 8.18. The molecule has 8 nitrogen and oxygen atoms in total. The number of thiazole rings is 1. The number of carbonyl (C=O) groups is 2. The molecule has 10 heteroatoms. The first kappa shape index (κ1) is 16.5. The van der Waals surface area contributed by atoms with Crippen LogP contribution in [0.25, 0.3) is 17.1 Å². The maximum atomic E-state index is 12.2. The minimum Gasteiger partial charge on any atom is -0.345 e. The van der Waals surface area contributed by atoms with Gasteiger partial charge in [0.15, 0.2) is 10.3 Å². The van der Waals surface area contributed by atoms with Crippen molar-refractivity contribution in [2.75, 3.05) is 5.32 Å². The molecule has 1 saturated heterocycles. The Balaban J connectivity index is 1.54. The fourth-order valence-electron chi connectivity index (χ4n) is 2.28. The molecule has 3 heterocycles. The molecule has 3 N–H and O–H groups in total. The monoisotopic (exact) mass is 384 g/mol. The second kappa shape index (κ2) is 6.73. The molecule has 0 spiro atoms. The van der Waals surface area contributed by atoms with E-state index in [-0.39, 0.29) is 11.8 Å². The zero-order valence-corrected chi connectivity index (χ0v) is 15.1. The van der Waals surface area contributed by atoms with Crippen molar-refractivity contribution >= 4 is 68.0 Å². The van der Waals surface area contributed by atoms with Crippen LogP contribution in [0.15, 0.2) is 40.6 Å². The highest BCUT2D eigenvalue weighted by Gasteiger charge is 2.24. The smallest absolute Gasteiger partial charge is 0.264 e. The molecule has 26 heavy (non-hydrogen) atoms. The lowest BCUT2D eigenvalue weighted by atomic mass is 10.3. The van der Waals surface area contributed by atoms with Gasteiger partial charge in [0.25, 0.3) is 5.91 Å². The normalized spacial score (nSPS) is 17.2. The molecule has 1 aromatic carbocycles. The van der Waals surface area contributed by atoms with E-state index in [4.69, 9.17) is 0 Å². The van der Waals surface area contributed by atoms with Gasteiger partial charge in [-0.05, 0) is 36.0 Å². The van der Waals surface area contributed by atoms with Gasteiger partial charge in [0.1, 0.15) is 0 Å². The van der Waals surface area contributed by atoms with Crippen LogP contribution in [0.2, 0.25) is 0 Å². The summed E-state index contributed by atoms with van der Waals surface area (Å²) < 4.78 is 0. The maximum absolute atomic E-state index is 12.2. The van der Waals surface area contributed by atoms with Gasteiger partial charge in [0.2, 0.25) is 5.91 Å². The standard InChI is InChI=1S/C16H12N6O2S2/c1-8(23)20-15-17-6-10(25-15)5-13-14(24)22-16(26-13)21-9-2-3-11-12(4-9)19-7-18-11/h2-7H,1H3,(H,18,19)(H,17,20,23)(H,21,22,24)/b13-5-. The molecule has 4 rings (SSSR count). The first-order valence-corrected chi connectivity index (χ1v) is 9.16. The van der Waals surface area contributed by atoms with Gasteiger partial charge in [-0.25, -0.2) is 15.0 Å². The van der Waals surface area contributed by atoms with Crippen molar-refractivity contribution in [3.8, 4) is 0 Å². The predicted molar refractivity (Wildman–Crippen MR) is 103 cm³/mol. The predicted octanol–water partition coefficient (Wildman–Crippen LogP) is 2.87. The summed E-state index contributed by atoms with van der Waals surface area (Å²) in [6.45, 7) is 1.42. The Hall–Kier alpha value is -2.98. The molecular weight excluding hydrogens is 372 g/mol. The number of anilines is 1. The molecule has 1 fully saturated rings. The summed E-state index contributed by atoms with van der Waals surface area (Å²) in [6.07, 6.45) is 4.96. The molecular formula is C16H12N6O2S2. The molecule has 2 amide bonds. The van der Waals surface area contributed by atoms with Crippen molar-refractivity contribution < 1.29 is 9.59 Å². The number of amidine groups is 1. The van der Waals surface area contributed by atoms with Crippen LogP contribution in [-0.4, -0.2) is 31.9 Å². The fourth-order valence-corrected chi connectivity index (χ4v) is 3.99. The van der Waals surface area contributed by atoms with Crippen LogP contribution in [0.3, 0.4) is 0 Å². The molecule has 0 atom stereocenters. The van der Waals surface area contributed by atoms with Gasteiger partial charge in [-0.15, -0.1) is 0 Å². The number of benzene rings is 1. The third-order valence-electron chi connectivity index (χ3n) is 3.37. The minimum atomic E-state index is -0.218. The van der Waals surface area contributed by atoms with Gasteiger partial charge in [-0.2, -0.15) is 0 Å². The van der Waals surface area contributed by atoms with Crippen LogP contribution in [-0.2, 0) is 9.59 Å². The van der Waals surface area contributed by atoms with E-state index in [1.165, 1.54) is 30.0 Å². The number of aromatic amines is 1. The summed E-state index contributed by atoms with van der Waals surface area (Å²) in [7, 11) is 0. The summed E-state index contributed by atoms with van der Waals surface area (Å²) in [5, 5.41) is 6.36. The summed E-state index contributed by atoms with van der Waals surface area (Å²) in [5.41, 5.74) is 2.45. The number of rotatable bonds is 3. The van der Waals surface area contributed by atoms with Gasteiger partial charge >= 0.3 is 0 Å². The van der Waals surface area contributed by atoms with Crippen LogP contribution in [0, 0.1) is 0 Å². The fraction of sp³-hybridized carbons (Fsp3) is 0.0625. The molecule has 0 unspecified atom stereocenters. The van der Waals surface area contributed by atoms with Gasteiger partial charge in [0, 0.05) is 13.1 Å². The number of hydrogen-bond acceptors (Lipinski definition) is 7. The molecule has 3 aromatic rings. The van der Waals surface area contributed by atoms with Crippen LogP contribution < -0.4 is 10.6 Å². The molecule has 2 aromatic heterocycles. The maximum Gasteiger partial charge on any atom is 0.264 e. The Morgan fingerprint density at radius 2 is 2.23 bits per heavy atom. The number of H-pyrrole nitrogens is 1. The number of amides is 2. The first-order chi connectivity index (χ1) is 12.6. The van der Waals surface area contributed by atoms with Crippen molar-refractivity contribution in [3.05, 3.63) is 40.5 Å². The molecule has 0 saturated carbocycles. The average molecular weight is 384 g/mol. The molecule has 1 aliphatic heterocycles. The number of thioether (sulfide) groups is 1. The van der Waals surface area contributed by atoms with Crippen molar-refractivity contribution in [1.29, 1.82) is 0 Å². The summed E-state index contributed by atoms with van der Waals surface area (Å²) in [4.78, 5) is 40.3. The zero-order valence-electron chi connectivity index (χ0n) is 13.4. The van der Waals surface area contributed by atoms with E-state index >= 15 is 0 Å². The van der Waals surface area contributed by atoms with Gasteiger partial charge < -0.3 is 15.6 Å². The number of nitrogens with zero attached hydrogens (tertiary/aromatic N) is 3. The first-order valence-electron chi connectivity index (χ1n) is 7.53. The van der Waals surface area contributed by atoms with Crippen LogP contribution in [0.5, 0.6) is 0 Å². The van der Waals surface area contributed by atoms with Crippen LogP contribution >= 0.6 is 23.1 Å². The van der Waals surface area contributed by atoms with E-state index in [0.717, 1.165) is 15.9 Å². The SMILES string of the molecule is CC(=O)Nc1ncc(/C=C2\SC(=Nc3ccc4[nH]cnc4c3)NC2=O)s1. The van der Waals surface area contributed by atoms with E-state index in [1.54, 1.807) is 18.6 Å². The lowest BCUT2D eigenvalue weighted by molar-refractivity contribution is -0.115. The molecule has 130 valence electrons. The molecule has 0 radical (unpaired) electrons. The van der Waals surface area contributed by atoms with Crippen LogP contribution in [0.4, 0.5) is 10.8 Å². The molecule has 0 bridgehead atoms. The highest BCUT2D eigenvalue weighted by Crippen LogP contribution is 2.30. The van der Waals surface area contributed by atoms with Gasteiger partial charge in [0.05, 0.1) is 32.8 Å². The zero-order chi connectivity index (χ0) is 18.1. The Kier molecular flexibility index (Phi) is 4.27. The summed E-state index contributed by atoms with van der Waals surface area (Å²) >= 11 is 2.55. The topological polar surface area (TPSA) is 112 Å². The lowest BCUT2D eigenvalue weighted by Gasteiger charge is -1.96. The van der Waals surface area contributed by atoms with E-state index in [9.17, 15) is 9.59 Å². The van der Waals surface area contributed by atoms with Crippen LogP contribution in [0.1, 0.15) is 11.8 Å². The quantitative estimate of drug-likeness (QED) is 0.601. The second-order valence-electron chi connectivity index (χ2n) is 5.33. The van der Waals surface area contributed by atoms with Crippen molar-refractivity contribution in [2.45, 2.75) is 6.92 Å².